The third-order valence-electron chi connectivity index (χ3n) is 3.68. The number of aliphatic hydroxyl groups excluding tert-OH is 1. The van der Waals surface area contributed by atoms with Crippen LogP contribution in [0.3, 0.4) is 0 Å². The Balaban J connectivity index is 2.08. The third kappa shape index (κ3) is 2.96. The zero-order chi connectivity index (χ0) is 17.4. The van der Waals surface area contributed by atoms with E-state index in [4.69, 9.17) is 14.3 Å². The van der Waals surface area contributed by atoms with E-state index in [0.717, 1.165) is 12.8 Å². The van der Waals surface area contributed by atoms with Crippen LogP contribution in [-0.4, -0.2) is 44.2 Å². The molecule has 1 atom stereocenters. The largest absolute Gasteiger partial charge is 0.469 e. The molecule has 0 saturated heterocycles. The van der Waals surface area contributed by atoms with Gasteiger partial charge in [-0.2, -0.15) is 4.68 Å². The highest BCUT2D eigenvalue weighted by Crippen LogP contribution is 2.48. The zero-order valence-electron chi connectivity index (χ0n) is 13.2. The van der Waals surface area contributed by atoms with Crippen LogP contribution in [0.5, 0.6) is 5.88 Å². The first-order valence-electron chi connectivity index (χ1n) is 7.51. The fraction of sp³-hybridized carbons (Fsp3) is 0.571. The highest BCUT2D eigenvalue weighted by atomic mass is 19.1. The summed E-state index contributed by atoms with van der Waals surface area (Å²) in [5.74, 6) is 0.380. The van der Waals surface area contributed by atoms with Gasteiger partial charge in [-0.25, -0.2) is 9.37 Å². The van der Waals surface area contributed by atoms with Crippen LogP contribution in [0, 0.1) is 24.0 Å². The molecule has 0 aliphatic heterocycles. The molecule has 2 aromatic rings. The SMILES string of the molecule is Cc1nc(C)c(-n2nc(OCC(F)CO)c([N+](=O)[O-])c2C2CC2)o1. The molecule has 1 aliphatic rings. The van der Waals surface area contributed by atoms with E-state index in [1.165, 1.54) is 4.68 Å². The number of aryl methyl sites for hydroxylation is 2. The molecule has 130 valence electrons. The van der Waals surface area contributed by atoms with Crippen molar-refractivity contribution in [1.29, 1.82) is 0 Å². The van der Waals surface area contributed by atoms with Crippen LogP contribution in [0.25, 0.3) is 5.88 Å². The van der Waals surface area contributed by atoms with Gasteiger partial charge in [0.2, 0.25) is 5.88 Å². The quantitative estimate of drug-likeness (QED) is 0.605. The molecule has 1 saturated carbocycles. The van der Waals surface area contributed by atoms with Gasteiger partial charge >= 0.3 is 11.6 Å². The Labute approximate surface area is 136 Å². The maximum absolute atomic E-state index is 13.2. The van der Waals surface area contributed by atoms with Crippen molar-refractivity contribution in [3.05, 3.63) is 27.4 Å². The van der Waals surface area contributed by atoms with E-state index >= 15 is 0 Å². The predicted octanol–water partition coefficient (Wildman–Crippen LogP) is 1.97. The lowest BCUT2D eigenvalue weighted by Crippen LogP contribution is -2.17. The van der Waals surface area contributed by atoms with Crippen LogP contribution in [-0.2, 0) is 0 Å². The Kier molecular flexibility index (Phi) is 4.22. The van der Waals surface area contributed by atoms with E-state index in [1.807, 2.05) is 0 Å². The van der Waals surface area contributed by atoms with Crippen molar-refractivity contribution in [3.8, 4) is 11.8 Å². The summed E-state index contributed by atoms with van der Waals surface area (Å²) >= 11 is 0. The molecule has 0 bridgehead atoms. The van der Waals surface area contributed by atoms with Crippen molar-refractivity contribution in [2.24, 2.45) is 0 Å². The third-order valence-corrected chi connectivity index (χ3v) is 3.68. The number of alkyl halides is 1. The standard InChI is InChI=1S/C14H17FN4O5/c1-7-14(24-8(2)16-7)18-11(9-3-4-9)12(19(21)22)13(17-18)23-6-10(15)5-20/h9-10,20H,3-6H2,1-2H3. The summed E-state index contributed by atoms with van der Waals surface area (Å²) in [6.07, 6.45) is -0.0607. The minimum atomic E-state index is -1.65. The molecule has 1 aliphatic carbocycles. The maximum Gasteiger partial charge on any atom is 0.354 e. The second-order valence-electron chi connectivity index (χ2n) is 5.70. The van der Waals surface area contributed by atoms with Gasteiger partial charge < -0.3 is 14.3 Å². The average molecular weight is 340 g/mol. The molecule has 0 radical (unpaired) electrons. The van der Waals surface area contributed by atoms with E-state index in [2.05, 4.69) is 10.1 Å². The summed E-state index contributed by atoms with van der Waals surface area (Å²) in [5.41, 5.74) is 0.613. The van der Waals surface area contributed by atoms with Gasteiger partial charge in [0.1, 0.15) is 18.0 Å². The Morgan fingerprint density at radius 3 is 2.75 bits per heavy atom. The van der Waals surface area contributed by atoms with Crippen molar-refractivity contribution in [1.82, 2.24) is 14.8 Å². The average Bonchev–Trinajstić information content (AvgIpc) is 3.21. The summed E-state index contributed by atoms with van der Waals surface area (Å²) < 4.78 is 25.2. The number of aliphatic hydroxyl groups is 1. The molecule has 0 spiro atoms. The molecule has 2 aromatic heterocycles. The summed E-state index contributed by atoms with van der Waals surface area (Å²) in [4.78, 5) is 15.1. The van der Waals surface area contributed by atoms with Crippen LogP contribution < -0.4 is 4.74 Å². The Morgan fingerprint density at radius 2 is 2.25 bits per heavy atom. The number of oxazole rings is 1. The lowest BCUT2D eigenvalue weighted by atomic mass is 10.2. The first-order valence-corrected chi connectivity index (χ1v) is 7.51. The number of rotatable bonds is 7. The molecule has 1 unspecified atom stereocenters. The lowest BCUT2D eigenvalue weighted by molar-refractivity contribution is -0.386. The predicted molar refractivity (Wildman–Crippen MR) is 79.2 cm³/mol. The van der Waals surface area contributed by atoms with Gasteiger partial charge in [0, 0.05) is 12.8 Å². The summed E-state index contributed by atoms with van der Waals surface area (Å²) in [6, 6.07) is 0. The molecule has 1 fully saturated rings. The van der Waals surface area contributed by atoms with Gasteiger partial charge in [-0.1, -0.05) is 0 Å². The number of hydrogen-bond donors (Lipinski definition) is 1. The topological polar surface area (TPSA) is 116 Å². The Bertz CT molecular complexity index is 768. The van der Waals surface area contributed by atoms with E-state index < -0.39 is 24.3 Å². The molecule has 0 amide bonds. The Hall–Kier alpha value is -2.49. The maximum atomic E-state index is 13.2. The number of nitrogens with zero attached hydrogens (tertiary/aromatic N) is 4. The zero-order valence-corrected chi connectivity index (χ0v) is 13.2. The van der Waals surface area contributed by atoms with Crippen LogP contribution in [0.1, 0.15) is 36.0 Å². The molecular weight excluding hydrogens is 323 g/mol. The van der Waals surface area contributed by atoms with Gasteiger partial charge in [0.25, 0.3) is 0 Å². The van der Waals surface area contributed by atoms with E-state index in [0.29, 0.717) is 17.3 Å². The van der Waals surface area contributed by atoms with E-state index in [-0.39, 0.29) is 23.4 Å². The van der Waals surface area contributed by atoms with Crippen LogP contribution >= 0.6 is 0 Å². The van der Waals surface area contributed by atoms with Crippen molar-refractivity contribution in [2.75, 3.05) is 13.2 Å². The van der Waals surface area contributed by atoms with E-state index in [1.54, 1.807) is 13.8 Å². The molecule has 10 heteroatoms. The second-order valence-corrected chi connectivity index (χ2v) is 5.70. The molecule has 2 heterocycles. The number of aromatic nitrogens is 3. The summed E-state index contributed by atoms with van der Waals surface area (Å²) in [6.45, 7) is 2.12. The number of nitro groups is 1. The molecule has 0 aromatic carbocycles. The monoisotopic (exact) mass is 340 g/mol. The fourth-order valence-electron chi connectivity index (χ4n) is 2.49. The first kappa shape index (κ1) is 16.4. The number of ether oxygens (including phenoxy) is 1. The van der Waals surface area contributed by atoms with Crippen molar-refractivity contribution in [2.45, 2.75) is 38.8 Å². The van der Waals surface area contributed by atoms with Crippen molar-refractivity contribution >= 4 is 5.69 Å². The smallest absolute Gasteiger partial charge is 0.354 e. The molecular formula is C14H17FN4O5. The number of halogens is 1. The van der Waals surface area contributed by atoms with Gasteiger partial charge in [-0.15, -0.1) is 5.10 Å². The van der Waals surface area contributed by atoms with Gasteiger partial charge in [-0.05, 0) is 19.8 Å². The van der Waals surface area contributed by atoms with Gasteiger partial charge in [0.15, 0.2) is 12.1 Å². The highest BCUT2D eigenvalue weighted by Gasteiger charge is 2.41. The minimum absolute atomic E-state index is 0.0286. The summed E-state index contributed by atoms with van der Waals surface area (Å²) in [7, 11) is 0. The van der Waals surface area contributed by atoms with Gasteiger partial charge in [-0.3, -0.25) is 10.1 Å². The normalized spacial score (nSPS) is 15.5. The fourth-order valence-corrected chi connectivity index (χ4v) is 2.49. The Morgan fingerprint density at radius 1 is 1.54 bits per heavy atom. The lowest BCUT2D eigenvalue weighted by Gasteiger charge is -2.04. The molecule has 1 N–H and O–H groups in total. The molecule has 24 heavy (non-hydrogen) atoms. The second kappa shape index (κ2) is 6.19. The minimum Gasteiger partial charge on any atom is -0.469 e. The first-order chi connectivity index (χ1) is 11.4. The molecule has 3 rings (SSSR count). The van der Waals surface area contributed by atoms with Crippen LogP contribution in [0.2, 0.25) is 0 Å². The van der Waals surface area contributed by atoms with Crippen LogP contribution in [0.4, 0.5) is 10.1 Å². The number of hydrogen-bond acceptors (Lipinski definition) is 7. The highest BCUT2D eigenvalue weighted by molar-refractivity contribution is 5.52. The summed E-state index contributed by atoms with van der Waals surface area (Å²) in [5, 5.41) is 24.3. The van der Waals surface area contributed by atoms with Crippen molar-refractivity contribution in [3.63, 3.8) is 0 Å². The van der Waals surface area contributed by atoms with Gasteiger partial charge in [0.05, 0.1) is 11.5 Å². The molecule has 9 nitrogen and oxygen atoms in total. The van der Waals surface area contributed by atoms with Crippen molar-refractivity contribution < 1.29 is 23.6 Å². The van der Waals surface area contributed by atoms with Crippen LogP contribution in [0.15, 0.2) is 4.42 Å². The van der Waals surface area contributed by atoms with E-state index in [9.17, 15) is 14.5 Å².